The van der Waals surface area contributed by atoms with Crippen molar-refractivity contribution in [2.24, 2.45) is 0 Å². The van der Waals surface area contributed by atoms with Gasteiger partial charge in [0.2, 0.25) is 0 Å². The van der Waals surface area contributed by atoms with E-state index in [0.717, 1.165) is 47.9 Å². The Labute approximate surface area is 196 Å². The zero-order chi connectivity index (χ0) is 22.6. The van der Waals surface area contributed by atoms with Crippen LogP contribution in [0.25, 0.3) is 16.9 Å². The summed E-state index contributed by atoms with van der Waals surface area (Å²) in [5.41, 5.74) is 3.97. The number of carbonyl (C=O) groups excluding carboxylic acids is 1. The van der Waals surface area contributed by atoms with Gasteiger partial charge in [-0.25, -0.2) is 4.98 Å². The monoisotopic (exact) mass is 459 g/mol. The van der Waals surface area contributed by atoms with E-state index in [1.807, 2.05) is 34.9 Å². The van der Waals surface area contributed by atoms with Gasteiger partial charge in [0.05, 0.1) is 12.3 Å². The van der Waals surface area contributed by atoms with E-state index in [1.54, 1.807) is 24.2 Å². The number of rotatable bonds is 7. The van der Waals surface area contributed by atoms with Crippen molar-refractivity contribution in [2.45, 2.75) is 23.8 Å². The summed E-state index contributed by atoms with van der Waals surface area (Å²) in [6, 6.07) is 15.8. The number of imidazole rings is 1. The van der Waals surface area contributed by atoms with Gasteiger partial charge in [-0.3, -0.25) is 14.2 Å². The number of hydrogen-bond acceptors (Lipinski definition) is 6. The third-order valence-electron chi connectivity index (χ3n) is 5.70. The van der Waals surface area contributed by atoms with Gasteiger partial charge in [0.25, 0.3) is 5.91 Å². The van der Waals surface area contributed by atoms with E-state index in [-0.39, 0.29) is 12.0 Å². The van der Waals surface area contributed by atoms with E-state index in [4.69, 9.17) is 9.72 Å². The van der Waals surface area contributed by atoms with Gasteiger partial charge >= 0.3 is 0 Å². The van der Waals surface area contributed by atoms with E-state index in [9.17, 15) is 4.79 Å². The summed E-state index contributed by atoms with van der Waals surface area (Å²) in [4.78, 5) is 22.9. The second-order valence-electron chi connectivity index (χ2n) is 7.89. The van der Waals surface area contributed by atoms with Crippen molar-refractivity contribution in [3.8, 4) is 11.3 Å². The van der Waals surface area contributed by atoms with Crippen LogP contribution in [-0.4, -0.2) is 45.8 Å². The molecule has 2 aromatic heterocycles. The van der Waals surface area contributed by atoms with Gasteiger partial charge in [-0.05, 0) is 49.4 Å². The average molecular weight is 460 g/mol. The standard InChI is InChI=1S/C25H25N5O2S/c1-33-21-9-7-17(8-10-21)23-24(30-12-11-26-16-22(30)29-23)28-19-5-2-4-18(14-19)25(31)27-15-20-6-3-13-32-20/h2,4-5,7-12,14,16,20,28H,3,6,13,15H2,1H3,(H,27,31)/t20-/m1/s1. The summed E-state index contributed by atoms with van der Waals surface area (Å²) < 4.78 is 7.57. The van der Waals surface area contributed by atoms with E-state index in [0.29, 0.717) is 12.1 Å². The predicted molar refractivity (Wildman–Crippen MR) is 131 cm³/mol. The molecule has 1 saturated heterocycles. The molecule has 0 unspecified atom stereocenters. The van der Waals surface area contributed by atoms with Crippen molar-refractivity contribution in [3.05, 3.63) is 72.7 Å². The molecule has 1 amide bonds. The molecule has 0 saturated carbocycles. The molecule has 0 radical (unpaired) electrons. The fourth-order valence-corrected chi connectivity index (χ4v) is 4.37. The average Bonchev–Trinajstić information content (AvgIpc) is 3.51. The number of fused-ring (bicyclic) bond motifs is 1. The lowest BCUT2D eigenvalue weighted by molar-refractivity contribution is 0.0858. The molecule has 0 aliphatic carbocycles. The van der Waals surface area contributed by atoms with Crippen molar-refractivity contribution in [1.29, 1.82) is 0 Å². The maximum absolute atomic E-state index is 12.7. The molecule has 1 aliphatic heterocycles. The van der Waals surface area contributed by atoms with Crippen LogP contribution in [0.5, 0.6) is 0 Å². The highest BCUT2D eigenvalue weighted by Gasteiger charge is 2.18. The van der Waals surface area contributed by atoms with Crippen molar-refractivity contribution in [1.82, 2.24) is 19.7 Å². The molecular formula is C25H25N5O2S. The molecule has 3 heterocycles. The first kappa shape index (κ1) is 21.5. The van der Waals surface area contributed by atoms with Crippen LogP contribution < -0.4 is 10.6 Å². The number of carbonyl (C=O) groups is 1. The minimum atomic E-state index is -0.107. The molecule has 1 atom stereocenters. The minimum absolute atomic E-state index is 0.107. The molecule has 33 heavy (non-hydrogen) atoms. The van der Waals surface area contributed by atoms with Crippen molar-refractivity contribution >= 4 is 34.8 Å². The molecule has 2 N–H and O–H groups in total. The highest BCUT2D eigenvalue weighted by molar-refractivity contribution is 7.98. The van der Waals surface area contributed by atoms with Crippen molar-refractivity contribution < 1.29 is 9.53 Å². The molecule has 1 fully saturated rings. The third-order valence-corrected chi connectivity index (χ3v) is 6.44. The number of thioether (sulfide) groups is 1. The summed E-state index contributed by atoms with van der Waals surface area (Å²) in [5, 5.41) is 6.46. The summed E-state index contributed by atoms with van der Waals surface area (Å²) in [5.74, 6) is 0.714. The van der Waals surface area contributed by atoms with Gasteiger partial charge in [0, 0.05) is 47.3 Å². The number of anilines is 2. The number of benzene rings is 2. The first-order chi connectivity index (χ1) is 16.2. The Bertz CT molecular complexity index is 1270. The van der Waals surface area contributed by atoms with Gasteiger partial charge in [0.15, 0.2) is 5.65 Å². The van der Waals surface area contributed by atoms with Crippen molar-refractivity contribution in [2.75, 3.05) is 24.7 Å². The second-order valence-corrected chi connectivity index (χ2v) is 8.77. The molecule has 168 valence electrons. The lowest BCUT2D eigenvalue weighted by Gasteiger charge is -2.12. The largest absolute Gasteiger partial charge is 0.376 e. The van der Waals surface area contributed by atoms with Gasteiger partial charge in [-0.15, -0.1) is 11.8 Å². The lowest BCUT2D eigenvalue weighted by Crippen LogP contribution is -2.31. The highest BCUT2D eigenvalue weighted by atomic mass is 32.2. The van der Waals surface area contributed by atoms with E-state index in [1.165, 1.54) is 4.90 Å². The van der Waals surface area contributed by atoms with Gasteiger partial charge < -0.3 is 15.4 Å². The number of hydrogen-bond donors (Lipinski definition) is 2. The Morgan fingerprint density at radius 3 is 2.91 bits per heavy atom. The second kappa shape index (κ2) is 9.64. The molecule has 8 heteroatoms. The van der Waals surface area contributed by atoms with E-state index in [2.05, 4.69) is 46.1 Å². The molecular weight excluding hydrogens is 434 g/mol. The zero-order valence-electron chi connectivity index (χ0n) is 18.3. The van der Waals surface area contributed by atoms with Crippen LogP contribution in [0.3, 0.4) is 0 Å². The minimum Gasteiger partial charge on any atom is -0.376 e. The summed E-state index contributed by atoms with van der Waals surface area (Å²) >= 11 is 1.70. The predicted octanol–water partition coefficient (Wildman–Crippen LogP) is 4.77. The van der Waals surface area contributed by atoms with Gasteiger partial charge in [0.1, 0.15) is 11.5 Å². The normalized spacial score (nSPS) is 15.6. The number of nitrogens with zero attached hydrogens (tertiary/aromatic N) is 3. The topological polar surface area (TPSA) is 80.5 Å². The maximum atomic E-state index is 12.7. The van der Waals surface area contributed by atoms with Crippen LogP contribution in [0.1, 0.15) is 23.2 Å². The van der Waals surface area contributed by atoms with Crippen LogP contribution in [0.4, 0.5) is 11.5 Å². The fourth-order valence-electron chi connectivity index (χ4n) is 3.97. The summed E-state index contributed by atoms with van der Waals surface area (Å²) in [6.07, 6.45) is 9.56. The molecule has 0 bridgehead atoms. The number of ether oxygens (including phenoxy) is 1. The number of aromatic nitrogens is 3. The van der Waals surface area contributed by atoms with Crippen LogP contribution in [0.2, 0.25) is 0 Å². The molecule has 4 aromatic rings. The van der Waals surface area contributed by atoms with Crippen molar-refractivity contribution in [3.63, 3.8) is 0 Å². The van der Waals surface area contributed by atoms with Gasteiger partial charge in [-0.1, -0.05) is 18.2 Å². The van der Waals surface area contributed by atoms with Gasteiger partial charge in [-0.2, -0.15) is 0 Å². The summed E-state index contributed by atoms with van der Waals surface area (Å²) in [7, 11) is 0. The first-order valence-corrected chi connectivity index (χ1v) is 12.2. The van der Waals surface area contributed by atoms with Crippen LogP contribution >= 0.6 is 11.8 Å². The quantitative estimate of drug-likeness (QED) is 0.388. The van der Waals surface area contributed by atoms with Crippen LogP contribution in [0, 0.1) is 0 Å². The van der Waals surface area contributed by atoms with Crippen LogP contribution in [-0.2, 0) is 4.74 Å². The Morgan fingerprint density at radius 2 is 2.12 bits per heavy atom. The highest BCUT2D eigenvalue weighted by Crippen LogP contribution is 2.32. The Balaban J connectivity index is 1.42. The Kier molecular flexibility index (Phi) is 6.28. The Hall–Kier alpha value is -3.36. The first-order valence-electron chi connectivity index (χ1n) is 10.9. The third kappa shape index (κ3) is 4.72. The Morgan fingerprint density at radius 1 is 1.24 bits per heavy atom. The molecule has 2 aromatic carbocycles. The SMILES string of the molecule is CSc1ccc(-c2nc3cnccn3c2Nc2cccc(C(=O)NC[C@H]3CCCO3)c2)cc1. The fraction of sp³-hybridized carbons (Fsp3) is 0.240. The van der Waals surface area contributed by atoms with E-state index < -0.39 is 0 Å². The van der Waals surface area contributed by atoms with E-state index >= 15 is 0 Å². The van der Waals surface area contributed by atoms with Crippen LogP contribution in [0.15, 0.2) is 72.0 Å². The molecule has 5 rings (SSSR count). The number of amides is 1. The summed E-state index contributed by atoms with van der Waals surface area (Å²) in [6.45, 7) is 1.31. The molecule has 0 spiro atoms. The zero-order valence-corrected chi connectivity index (χ0v) is 19.1. The number of nitrogens with one attached hydrogen (secondary N) is 2. The maximum Gasteiger partial charge on any atom is 0.251 e. The lowest BCUT2D eigenvalue weighted by atomic mass is 10.1. The molecule has 7 nitrogen and oxygen atoms in total. The smallest absolute Gasteiger partial charge is 0.251 e. The molecule has 1 aliphatic rings.